The van der Waals surface area contributed by atoms with Gasteiger partial charge in [0.2, 0.25) is 0 Å². The van der Waals surface area contributed by atoms with Crippen molar-refractivity contribution < 1.29 is 9.53 Å². The maximum Gasteiger partial charge on any atom is 0.308 e. The standard InChI is InChI=1S/C18H34N4O2/c1-14-7-5-6-10-22(14)15(2)13-20-18(19-3)21-11-8-16(9-12-21)17(23)24-4/h14-16H,5-13H2,1-4H3,(H,19,20). The highest BCUT2D eigenvalue weighted by atomic mass is 16.5. The van der Waals surface area contributed by atoms with E-state index in [1.807, 2.05) is 7.05 Å². The molecule has 24 heavy (non-hydrogen) atoms. The van der Waals surface area contributed by atoms with E-state index in [0.717, 1.165) is 38.4 Å². The smallest absolute Gasteiger partial charge is 0.308 e. The zero-order valence-electron chi connectivity index (χ0n) is 15.8. The molecule has 2 unspecified atom stereocenters. The van der Waals surface area contributed by atoms with Crippen LogP contribution in [0.3, 0.4) is 0 Å². The summed E-state index contributed by atoms with van der Waals surface area (Å²) >= 11 is 0. The van der Waals surface area contributed by atoms with Gasteiger partial charge in [0.25, 0.3) is 0 Å². The number of ether oxygens (including phenoxy) is 1. The Kier molecular flexibility index (Phi) is 7.34. The van der Waals surface area contributed by atoms with Gasteiger partial charge in [0, 0.05) is 38.8 Å². The van der Waals surface area contributed by atoms with Crippen LogP contribution >= 0.6 is 0 Å². The molecule has 0 radical (unpaired) electrons. The Bertz CT molecular complexity index is 433. The van der Waals surface area contributed by atoms with E-state index in [1.54, 1.807) is 0 Å². The van der Waals surface area contributed by atoms with E-state index in [4.69, 9.17) is 4.74 Å². The molecular formula is C18H34N4O2. The predicted octanol–water partition coefficient (Wildman–Crippen LogP) is 1.71. The molecule has 0 saturated carbocycles. The molecular weight excluding hydrogens is 304 g/mol. The molecule has 2 aliphatic rings. The van der Waals surface area contributed by atoms with E-state index in [9.17, 15) is 4.79 Å². The third-order valence-corrected chi connectivity index (χ3v) is 5.52. The van der Waals surface area contributed by atoms with Crippen molar-refractivity contribution in [2.45, 2.75) is 58.0 Å². The number of aliphatic imine (C=N–C) groups is 1. The number of rotatable bonds is 4. The van der Waals surface area contributed by atoms with Gasteiger partial charge in [-0.25, -0.2) is 0 Å². The van der Waals surface area contributed by atoms with Crippen molar-refractivity contribution in [2.75, 3.05) is 40.3 Å². The molecule has 2 fully saturated rings. The van der Waals surface area contributed by atoms with Gasteiger partial charge in [0.1, 0.15) is 0 Å². The summed E-state index contributed by atoms with van der Waals surface area (Å²) in [7, 11) is 3.31. The van der Waals surface area contributed by atoms with Gasteiger partial charge < -0.3 is 15.0 Å². The first-order valence-electron chi connectivity index (χ1n) is 9.36. The van der Waals surface area contributed by atoms with E-state index in [-0.39, 0.29) is 11.9 Å². The first-order valence-corrected chi connectivity index (χ1v) is 9.36. The van der Waals surface area contributed by atoms with Gasteiger partial charge in [-0.05, 0) is 46.1 Å². The SMILES string of the molecule is CN=C(NCC(C)N1CCCCC1C)N1CCC(C(=O)OC)CC1. The van der Waals surface area contributed by atoms with E-state index < -0.39 is 0 Å². The lowest BCUT2D eigenvalue weighted by Gasteiger charge is -2.39. The highest BCUT2D eigenvalue weighted by Crippen LogP contribution is 2.20. The minimum absolute atomic E-state index is 0.0393. The van der Waals surface area contributed by atoms with E-state index >= 15 is 0 Å². The molecule has 2 atom stereocenters. The van der Waals surface area contributed by atoms with Crippen LogP contribution in [0, 0.1) is 5.92 Å². The summed E-state index contributed by atoms with van der Waals surface area (Å²) in [5, 5.41) is 3.53. The molecule has 0 aromatic rings. The molecule has 1 N–H and O–H groups in total. The number of nitrogens with zero attached hydrogens (tertiary/aromatic N) is 3. The van der Waals surface area contributed by atoms with Crippen molar-refractivity contribution in [3.05, 3.63) is 0 Å². The van der Waals surface area contributed by atoms with Gasteiger partial charge in [0.15, 0.2) is 5.96 Å². The summed E-state index contributed by atoms with van der Waals surface area (Å²) in [5.74, 6) is 0.914. The maximum absolute atomic E-state index is 11.6. The van der Waals surface area contributed by atoms with Crippen LogP contribution in [-0.2, 0) is 9.53 Å². The van der Waals surface area contributed by atoms with E-state index in [2.05, 4.69) is 34.0 Å². The Morgan fingerprint density at radius 1 is 1.25 bits per heavy atom. The van der Waals surface area contributed by atoms with Gasteiger partial charge in [-0.2, -0.15) is 0 Å². The number of carbonyl (C=O) groups excluding carboxylic acids is 1. The average Bonchev–Trinajstić information content (AvgIpc) is 2.62. The Balaban J connectivity index is 1.79. The molecule has 6 nitrogen and oxygen atoms in total. The normalized spacial score (nSPS) is 25.4. The summed E-state index contributed by atoms with van der Waals surface area (Å²) < 4.78 is 4.86. The van der Waals surface area contributed by atoms with Crippen molar-refractivity contribution in [1.29, 1.82) is 0 Å². The number of hydrogen-bond donors (Lipinski definition) is 1. The molecule has 2 heterocycles. The second-order valence-corrected chi connectivity index (χ2v) is 7.14. The summed E-state index contributed by atoms with van der Waals surface area (Å²) in [4.78, 5) is 20.9. The molecule has 2 saturated heterocycles. The van der Waals surface area contributed by atoms with Crippen LogP contribution < -0.4 is 5.32 Å². The zero-order valence-corrected chi connectivity index (χ0v) is 15.8. The summed E-state index contributed by atoms with van der Waals surface area (Å²) in [6, 6.07) is 1.18. The lowest BCUT2D eigenvalue weighted by molar-refractivity contribution is -0.146. The van der Waals surface area contributed by atoms with Crippen LogP contribution in [0.15, 0.2) is 4.99 Å². The zero-order chi connectivity index (χ0) is 17.5. The minimum atomic E-state index is -0.0784. The fourth-order valence-electron chi connectivity index (χ4n) is 3.96. The number of piperidine rings is 2. The first-order chi connectivity index (χ1) is 11.6. The molecule has 0 aromatic heterocycles. The topological polar surface area (TPSA) is 57.2 Å². The van der Waals surface area contributed by atoms with E-state index in [0.29, 0.717) is 12.1 Å². The van der Waals surface area contributed by atoms with Crippen molar-refractivity contribution in [3.63, 3.8) is 0 Å². The Labute approximate surface area is 146 Å². The van der Waals surface area contributed by atoms with Gasteiger partial charge in [-0.1, -0.05) is 6.42 Å². The maximum atomic E-state index is 11.6. The summed E-state index contributed by atoms with van der Waals surface area (Å²) in [6.45, 7) is 8.45. The third-order valence-electron chi connectivity index (χ3n) is 5.52. The van der Waals surface area contributed by atoms with Crippen molar-refractivity contribution >= 4 is 11.9 Å². The third kappa shape index (κ3) is 4.85. The molecule has 0 bridgehead atoms. The largest absolute Gasteiger partial charge is 0.469 e. The minimum Gasteiger partial charge on any atom is -0.469 e. The van der Waals surface area contributed by atoms with Crippen LogP contribution in [0.4, 0.5) is 0 Å². The van der Waals surface area contributed by atoms with Crippen LogP contribution in [0.1, 0.15) is 46.0 Å². The molecule has 6 heteroatoms. The molecule has 0 amide bonds. The number of likely N-dealkylation sites (tertiary alicyclic amines) is 2. The van der Waals surface area contributed by atoms with Gasteiger partial charge in [-0.3, -0.25) is 14.7 Å². The van der Waals surface area contributed by atoms with Crippen molar-refractivity contribution in [1.82, 2.24) is 15.1 Å². The molecule has 0 aliphatic carbocycles. The van der Waals surface area contributed by atoms with Crippen LogP contribution in [0.2, 0.25) is 0 Å². The van der Waals surface area contributed by atoms with Crippen LogP contribution in [-0.4, -0.2) is 74.1 Å². The Morgan fingerprint density at radius 3 is 2.54 bits per heavy atom. The fraction of sp³-hybridized carbons (Fsp3) is 0.889. The highest BCUT2D eigenvalue weighted by Gasteiger charge is 2.28. The monoisotopic (exact) mass is 338 g/mol. The molecule has 2 rings (SSSR count). The second kappa shape index (κ2) is 9.25. The fourth-order valence-corrected chi connectivity index (χ4v) is 3.96. The number of hydrogen-bond acceptors (Lipinski definition) is 4. The molecule has 2 aliphatic heterocycles. The van der Waals surface area contributed by atoms with Gasteiger partial charge in [-0.15, -0.1) is 0 Å². The summed E-state index contributed by atoms with van der Waals surface area (Å²) in [6.07, 6.45) is 5.65. The van der Waals surface area contributed by atoms with Crippen molar-refractivity contribution in [2.24, 2.45) is 10.9 Å². The number of methoxy groups -OCH3 is 1. The molecule has 0 spiro atoms. The molecule has 138 valence electrons. The number of esters is 1. The quantitative estimate of drug-likeness (QED) is 0.480. The summed E-state index contributed by atoms with van der Waals surface area (Å²) in [5.41, 5.74) is 0. The number of guanidine groups is 1. The highest BCUT2D eigenvalue weighted by molar-refractivity contribution is 5.80. The van der Waals surface area contributed by atoms with Gasteiger partial charge >= 0.3 is 5.97 Å². The molecule has 0 aromatic carbocycles. The van der Waals surface area contributed by atoms with E-state index in [1.165, 1.54) is 32.9 Å². The second-order valence-electron chi connectivity index (χ2n) is 7.14. The Hall–Kier alpha value is -1.30. The first kappa shape index (κ1) is 19.0. The lowest BCUT2D eigenvalue weighted by atomic mass is 9.97. The Morgan fingerprint density at radius 2 is 1.96 bits per heavy atom. The van der Waals surface area contributed by atoms with Crippen molar-refractivity contribution in [3.8, 4) is 0 Å². The lowest BCUT2D eigenvalue weighted by Crippen LogP contribution is -2.52. The average molecular weight is 338 g/mol. The number of carbonyl (C=O) groups is 1. The van der Waals surface area contributed by atoms with Crippen LogP contribution in [0.25, 0.3) is 0 Å². The predicted molar refractivity (Wildman–Crippen MR) is 97.2 cm³/mol. The van der Waals surface area contributed by atoms with Crippen LogP contribution in [0.5, 0.6) is 0 Å². The number of nitrogens with one attached hydrogen (secondary N) is 1. The van der Waals surface area contributed by atoms with Gasteiger partial charge in [0.05, 0.1) is 13.0 Å².